The fraction of sp³-hybridized carbons (Fsp3) is 0.0400. The van der Waals surface area contributed by atoms with Gasteiger partial charge >= 0.3 is 12.4 Å². The first-order valence-corrected chi connectivity index (χ1v) is 18.6. The van der Waals surface area contributed by atoms with E-state index in [0.29, 0.717) is 11.1 Å². The molecule has 0 saturated heterocycles. The molecule has 0 N–H and O–H groups in total. The summed E-state index contributed by atoms with van der Waals surface area (Å²) in [7, 11) is 0. The van der Waals surface area contributed by atoms with Gasteiger partial charge in [0.1, 0.15) is 0 Å². The average Bonchev–Trinajstić information content (AvgIpc) is 3.57. The average molecular weight is 775 g/mol. The van der Waals surface area contributed by atoms with Gasteiger partial charge in [-0.1, -0.05) is 103 Å². The standard InChI is InChI=1S/C50H32F6N2/c51-49(52,53)45-20-10-7-17-41(45)35-29-34(30-36(31-35)42-18-8-11-21-46(42)50(54,55)56)33-23-25-39(26-24-33)58-47-22-12-9-19-43(47)44-32-40(27-28-48(44)58)57(37-13-3-1-4-14-37)38-15-5-2-6-16-38/h1-32H. The van der Waals surface area contributed by atoms with Crippen molar-refractivity contribution in [2.45, 2.75) is 12.4 Å². The number of anilines is 3. The molecule has 1 heterocycles. The Kier molecular flexibility index (Phi) is 9.12. The van der Waals surface area contributed by atoms with Gasteiger partial charge in [-0.15, -0.1) is 0 Å². The van der Waals surface area contributed by atoms with Crippen LogP contribution in [0, 0.1) is 0 Å². The Hall–Kier alpha value is -7.06. The summed E-state index contributed by atoms with van der Waals surface area (Å²) in [5.74, 6) is 0. The van der Waals surface area contributed by atoms with E-state index in [-0.39, 0.29) is 22.3 Å². The van der Waals surface area contributed by atoms with Crippen LogP contribution in [0.1, 0.15) is 11.1 Å². The van der Waals surface area contributed by atoms with Crippen molar-refractivity contribution < 1.29 is 26.3 Å². The number of para-hydroxylation sites is 3. The van der Waals surface area contributed by atoms with Crippen molar-refractivity contribution in [2.75, 3.05) is 4.90 Å². The highest BCUT2D eigenvalue weighted by atomic mass is 19.4. The molecule has 0 bridgehead atoms. The van der Waals surface area contributed by atoms with E-state index in [9.17, 15) is 26.3 Å². The van der Waals surface area contributed by atoms with Gasteiger partial charge in [0, 0.05) is 33.5 Å². The molecule has 8 aromatic carbocycles. The summed E-state index contributed by atoms with van der Waals surface area (Å²) in [6, 6.07) is 57.2. The SMILES string of the molecule is FC(F)(F)c1ccccc1-c1cc(-c2ccc(-n3c4ccccc4c4cc(N(c5ccccc5)c5ccccc5)ccc43)cc2)cc(-c2ccccc2C(F)(F)F)c1. The van der Waals surface area contributed by atoms with E-state index in [4.69, 9.17) is 0 Å². The minimum atomic E-state index is -4.68. The van der Waals surface area contributed by atoms with Crippen LogP contribution in [0.4, 0.5) is 43.4 Å². The molecule has 8 heteroatoms. The van der Waals surface area contributed by atoms with Gasteiger partial charge in [-0.25, -0.2) is 0 Å². The molecular formula is C50H32F6N2. The lowest BCUT2D eigenvalue weighted by Crippen LogP contribution is -2.09. The second-order valence-electron chi connectivity index (χ2n) is 14.0. The van der Waals surface area contributed by atoms with Crippen LogP contribution < -0.4 is 4.90 Å². The Labute approximate surface area is 330 Å². The van der Waals surface area contributed by atoms with E-state index in [1.165, 1.54) is 42.5 Å². The van der Waals surface area contributed by atoms with Gasteiger partial charge in [-0.05, 0) is 124 Å². The molecule has 0 spiro atoms. The fourth-order valence-corrected chi connectivity index (χ4v) is 7.85. The molecule has 0 amide bonds. The van der Waals surface area contributed by atoms with Crippen LogP contribution in [0.5, 0.6) is 0 Å². The molecule has 0 radical (unpaired) electrons. The third kappa shape index (κ3) is 6.77. The molecule has 0 fully saturated rings. The lowest BCUT2D eigenvalue weighted by atomic mass is 9.90. The van der Waals surface area contributed by atoms with Crippen molar-refractivity contribution in [3.63, 3.8) is 0 Å². The van der Waals surface area contributed by atoms with Crippen LogP contribution in [-0.2, 0) is 12.4 Å². The van der Waals surface area contributed by atoms with Crippen molar-refractivity contribution in [3.8, 4) is 39.1 Å². The van der Waals surface area contributed by atoms with Gasteiger partial charge in [-0.2, -0.15) is 26.3 Å². The maximum atomic E-state index is 14.3. The maximum Gasteiger partial charge on any atom is 0.417 e. The lowest BCUT2D eigenvalue weighted by Gasteiger charge is -2.25. The van der Waals surface area contributed by atoms with Gasteiger partial charge in [0.2, 0.25) is 0 Å². The van der Waals surface area contributed by atoms with Crippen molar-refractivity contribution in [1.29, 1.82) is 0 Å². The third-order valence-corrected chi connectivity index (χ3v) is 10.4. The first kappa shape index (κ1) is 36.6. The van der Waals surface area contributed by atoms with E-state index < -0.39 is 23.5 Å². The zero-order chi connectivity index (χ0) is 40.0. The van der Waals surface area contributed by atoms with E-state index in [0.717, 1.165) is 56.7 Å². The second-order valence-corrected chi connectivity index (χ2v) is 14.0. The topological polar surface area (TPSA) is 8.17 Å². The Morgan fingerprint density at radius 1 is 0.345 bits per heavy atom. The second kappa shape index (κ2) is 14.5. The Bertz CT molecular complexity index is 2800. The van der Waals surface area contributed by atoms with Crippen molar-refractivity contribution in [1.82, 2.24) is 4.57 Å². The minimum absolute atomic E-state index is 0.123. The summed E-state index contributed by atoms with van der Waals surface area (Å²) in [6.07, 6.45) is -9.36. The van der Waals surface area contributed by atoms with E-state index in [1.54, 1.807) is 12.1 Å². The molecule has 9 rings (SSSR count). The van der Waals surface area contributed by atoms with Crippen LogP contribution >= 0.6 is 0 Å². The molecule has 0 aliphatic rings. The van der Waals surface area contributed by atoms with Crippen LogP contribution in [-0.4, -0.2) is 4.57 Å². The van der Waals surface area contributed by atoms with E-state index in [1.807, 2.05) is 72.8 Å². The van der Waals surface area contributed by atoms with Crippen LogP contribution in [0.25, 0.3) is 60.9 Å². The Morgan fingerprint density at radius 3 is 1.36 bits per heavy atom. The summed E-state index contributed by atoms with van der Waals surface area (Å²) < 4.78 is 87.8. The predicted octanol–water partition coefficient (Wildman–Crippen LogP) is 15.3. The first-order chi connectivity index (χ1) is 28.0. The highest BCUT2D eigenvalue weighted by Gasteiger charge is 2.35. The number of alkyl halides is 6. The monoisotopic (exact) mass is 774 g/mol. The molecule has 0 aliphatic heterocycles. The molecule has 0 atom stereocenters. The number of aromatic nitrogens is 1. The molecule has 0 aliphatic carbocycles. The molecule has 2 nitrogen and oxygen atoms in total. The van der Waals surface area contributed by atoms with Gasteiger partial charge in [0.05, 0.1) is 22.2 Å². The van der Waals surface area contributed by atoms with Gasteiger partial charge in [-0.3, -0.25) is 0 Å². The number of benzene rings is 8. The molecular weight excluding hydrogens is 743 g/mol. The predicted molar refractivity (Wildman–Crippen MR) is 222 cm³/mol. The van der Waals surface area contributed by atoms with Crippen molar-refractivity contribution >= 4 is 38.9 Å². The van der Waals surface area contributed by atoms with Crippen molar-refractivity contribution in [3.05, 3.63) is 205 Å². The van der Waals surface area contributed by atoms with E-state index in [2.05, 4.69) is 64.1 Å². The minimum Gasteiger partial charge on any atom is -0.310 e. The third-order valence-electron chi connectivity index (χ3n) is 10.4. The number of rotatable bonds is 7. The molecule has 9 aromatic rings. The van der Waals surface area contributed by atoms with Gasteiger partial charge in [0.15, 0.2) is 0 Å². The summed E-state index contributed by atoms with van der Waals surface area (Å²) in [5, 5.41) is 2.09. The fourth-order valence-electron chi connectivity index (χ4n) is 7.85. The van der Waals surface area contributed by atoms with Crippen LogP contribution in [0.3, 0.4) is 0 Å². The molecule has 0 saturated carbocycles. The number of nitrogens with zero attached hydrogens (tertiary/aromatic N) is 2. The number of fused-ring (bicyclic) bond motifs is 3. The number of halogens is 6. The lowest BCUT2D eigenvalue weighted by molar-refractivity contribution is -0.137. The van der Waals surface area contributed by atoms with Crippen molar-refractivity contribution in [2.24, 2.45) is 0 Å². The largest absolute Gasteiger partial charge is 0.417 e. The molecule has 1 aromatic heterocycles. The molecule has 58 heavy (non-hydrogen) atoms. The van der Waals surface area contributed by atoms with Gasteiger partial charge < -0.3 is 9.47 Å². The van der Waals surface area contributed by atoms with E-state index >= 15 is 0 Å². The first-order valence-electron chi connectivity index (χ1n) is 18.6. The van der Waals surface area contributed by atoms with Gasteiger partial charge in [0.25, 0.3) is 0 Å². The Morgan fingerprint density at radius 2 is 0.810 bits per heavy atom. The summed E-state index contributed by atoms with van der Waals surface area (Å²) in [4.78, 5) is 2.21. The molecule has 284 valence electrons. The molecule has 0 unspecified atom stereocenters. The zero-order valence-corrected chi connectivity index (χ0v) is 30.6. The summed E-state index contributed by atoms with van der Waals surface area (Å²) >= 11 is 0. The number of hydrogen-bond acceptors (Lipinski definition) is 1. The highest BCUT2D eigenvalue weighted by molar-refractivity contribution is 6.10. The number of hydrogen-bond donors (Lipinski definition) is 0. The van der Waals surface area contributed by atoms with Crippen LogP contribution in [0.2, 0.25) is 0 Å². The quantitative estimate of drug-likeness (QED) is 0.146. The Balaban J connectivity index is 1.18. The summed E-state index contributed by atoms with van der Waals surface area (Å²) in [6.45, 7) is 0. The smallest absolute Gasteiger partial charge is 0.310 e. The van der Waals surface area contributed by atoms with Crippen LogP contribution in [0.15, 0.2) is 194 Å². The normalized spacial score (nSPS) is 12.0. The maximum absolute atomic E-state index is 14.3. The zero-order valence-electron chi connectivity index (χ0n) is 30.6. The summed E-state index contributed by atoms with van der Waals surface area (Å²) in [5.41, 5.74) is 5.22. The highest BCUT2D eigenvalue weighted by Crippen LogP contribution is 2.44.